The van der Waals surface area contributed by atoms with Crippen LogP contribution in [0.2, 0.25) is 0 Å². The molecule has 3 heterocycles. The molecule has 4 rings (SSSR count). The molecule has 1 atom stereocenters. The standard InChI is InChI=1S/C21H24N6O2/c1-15-4-3-9-26(11-15)19-10-20(23-13-22-19)27-12-18(24-14-27)21(28)25-16-5-7-17(29-2)8-6-16/h5-8,10,12-15H,3-4,9,11H2,1-2H3,(H,25,28)/t15-/m0/s1. The number of benzene rings is 1. The van der Waals surface area contributed by atoms with E-state index in [2.05, 4.69) is 32.1 Å². The van der Waals surface area contributed by atoms with Gasteiger partial charge in [-0.05, 0) is 43.0 Å². The van der Waals surface area contributed by atoms with Crippen molar-refractivity contribution in [2.45, 2.75) is 19.8 Å². The van der Waals surface area contributed by atoms with Crippen molar-refractivity contribution in [3.05, 3.63) is 54.9 Å². The first-order chi connectivity index (χ1) is 14.1. The van der Waals surface area contributed by atoms with Gasteiger partial charge in [-0.15, -0.1) is 0 Å². The zero-order chi connectivity index (χ0) is 20.2. The van der Waals surface area contributed by atoms with Crippen molar-refractivity contribution in [1.82, 2.24) is 19.5 Å². The van der Waals surface area contributed by atoms with Gasteiger partial charge in [0.2, 0.25) is 0 Å². The van der Waals surface area contributed by atoms with E-state index in [0.29, 0.717) is 23.1 Å². The predicted octanol–water partition coefficient (Wildman–Crippen LogP) is 3.16. The highest BCUT2D eigenvalue weighted by Gasteiger charge is 2.18. The Bertz CT molecular complexity index is 985. The van der Waals surface area contributed by atoms with Gasteiger partial charge in [-0.1, -0.05) is 6.92 Å². The minimum absolute atomic E-state index is 0.284. The van der Waals surface area contributed by atoms with Crippen molar-refractivity contribution in [3.63, 3.8) is 0 Å². The summed E-state index contributed by atoms with van der Waals surface area (Å²) in [6.07, 6.45) is 7.24. The van der Waals surface area contributed by atoms with Crippen molar-refractivity contribution in [2.24, 2.45) is 5.92 Å². The topological polar surface area (TPSA) is 85.2 Å². The molecule has 0 spiro atoms. The first-order valence-electron chi connectivity index (χ1n) is 9.69. The molecule has 1 amide bonds. The lowest BCUT2D eigenvalue weighted by atomic mass is 10.0. The van der Waals surface area contributed by atoms with Crippen LogP contribution in [0.3, 0.4) is 0 Å². The van der Waals surface area contributed by atoms with E-state index >= 15 is 0 Å². The van der Waals surface area contributed by atoms with E-state index in [9.17, 15) is 4.79 Å². The number of anilines is 2. The third-order valence-corrected chi connectivity index (χ3v) is 5.05. The number of imidazole rings is 1. The third kappa shape index (κ3) is 4.37. The van der Waals surface area contributed by atoms with Crippen molar-refractivity contribution < 1.29 is 9.53 Å². The molecule has 1 aliphatic rings. The number of nitrogens with zero attached hydrogens (tertiary/aromatic N) is 5. The summed E-state index contributed by atoms with van der Waals surface area (Å²) in [6, 6.07) is 9.08. The van der Waals surface area contributed by atoms with E-state index in [1.54, 1.807) is 54.8 Å². The van der Waals surface area contributed by atoms with Crippen LogP contribution in [0.5, 0.6) is 5.75 Å². The van der Waals surface area contributed by atoms with Crippen LogP contribution in [0.4, 0.5) is 11.5 Å². The molecule has 0 aliphatic carbocycles. The Kier molecular flexibility index (Phi) is 5.41. The molecule has 0 unspecified atom stereocenters. The van der Waals surface area contributed by atoms with Crippen LogP contribution < -0.4 is 15.0 Å². The maximum Gasteiger partial charge on any atom is 0.275 e. The fraction of sp³-hybridized carbons (Fsp3) is 0.333. The Morgan fingerprint density at radius 3 is 2.72 bits per heavy atom. The molecule has 0 bridgehead atoms. The first-order valence-corrected chi connectivity index (χ1v) is 9.69. The summed E-state index contributed by atoms with van der Waals surface area (Å²) >= 11 is 0. The summed E-state index contributed by atoms with van der Waals surface area (Å²) in [5.41, 5.74) is 0.987. The van der Waals surface area contributed by atoms with Crippen molar-refractivity contribution in [2.75, 3.05) is 30.4 Å². The second-order valence-electron chi connectivity index (χ2n) is 7.28. The number of hydrogen-bond acceptors (Lipinski definition) is 6. The summed E-state index contributed by atoms with van der Waals surface area (Å²) in [7, 11) is 1.60. The van der Waals surface area contributed by atoms with Gasteiger partial charge in [-0.2, -0.15) is 0 Å². The van der Waals surface area contributed by atoms with Gasteiger partial charge in [-0.3, -0.25) is 9.36 Å². The Morgan fingerprint density at radius 1 is 1.17 bits per heavy atom. The van der Waals surface area contributed by atoms with Crippen LogP contribution in [0.25, 0.3) is 5.82 Å². The van der Waals surface area contributed by atoms with Gasteiger partial charge >= 0.3 is 0 Å². The Hall–Kier alpha value is -3.42. The number of ether oxygens (including phenoxy) is 1. The van der Waals surface area contributed by atoms with Crippen LogP contribution >= 0.6 is 0 Å². The van der Waals surface area contributed by atoms with Gasteiger partial charge < -0.3 is 15.0 Å². The van der Waals surface area contributed by atoms with Gasteiger partial charge in [0.25, 0.3) is 5.91 Å². The third-order valence-electron chi connectivity index (χ3n) is 5.05. The van der Waals surface area contributed by atoms with E-state index in [4.69, 9.17) is 4.74 Å². The molecule has 8 heteroatoms. The maximum atomic E-state index is 12.5. The monoisotopic (exact) mass is 392 g/mol. The fourth-order valence-electron chi connectivity index (χ4n) is 3.48. The minimum Gasteiger partial charge on any atom is -0.497 e. The summed E-state index contributed by atoms with van der Waals surface area (Å²) < 4.78 is 6.86. The number of rotatable bonds is 5. The molecule has 1 aromatic carbocycles. The fourth-order valence-corrected chi connectivity index (χ4v) is 3.48. The number of amides is 1. The van der Waals surface area contributed by atoms with Crippen molar-refractivity contribution in [3.8, 4) is 11.6 Å². The van der Waals surface area contributed by atoms with Crippen molar-refractivity contribution >= 4 is 17.4 Å². The van der Waals surface area contributed by atoms with E-state index < -0.39 is 0 Å². The van der Waals surface area contributed by atoms with Crippen LogP contribution in [-0.4, -0.2) is 45.6 Å². The Labute approximate surface area is 169 Å². The molecule has 150 valence electrons. The first kappa shape index (κ1) is 18.9. The lowest BCUT2D eigenvalue weighted by molar-refractivity contribution is 0.102. The summed E-state index contributed by atoms with van der Waals surface area (Å²) in [6.45, 7) is 4.26. The summed E-state index contributed by atoms with van der Waals surface area (Å²) in [5, 5.41) is 2.83. The Balaban J connectivity index is 1.48. The van der Waals surface area contributed by atoms with Gasteiger partial charge in [0, 0.05) is 31.0 Å². The number of hydrogen-bond donors (Lipinski definition) is 1. The van der Waals surface area contributed by atoms with E-state index in [1.165, 1.54) is 12.8 Å². The van der Waals surface area contributed by atoms with E-state index in [1.807, 2.05) is 6.07 Å². The van der Waals surface area contributed by atoms with Gasteiger partial charge in [-0.25, -0.2) is 15.0 Å². The second kappa shape index (κ2) is 8.30. The number of piperidine rings is 1. The van der Waals surface area contributed by atoms with Gasteiger partial charge in [0.15, 0.2) is 0 Å². The lowest BCUT2D eigenvalue weighted by Gasteiger charge is -2.31. The van der Waals surface area contributed by atoms with Crippen LogP contribution in [-0.2, 0) is 0 Å². The predicted molar refractivity (Wildman–Crippen MR) is 111 cm³/mol. The average molecular weight is 392 g/mol. The van der Waals surface area contributed by atoms with Crippen molar-refractivity contribution in [1.29, 1.82) is 0 Å². The number of carbonyl (C=O) groups is 1. The number of carbonyl (C=O) groups excluding carboxylic acids is 1. The molecular weight excluding hydrogens is 368 g/mol. The maximum absolute atomic E-state index is 12.5. The lowest BCUT2D eigenvalue weighted by Crippen LogP contribution is -2.34. The average Bonchev–Trinajstić information content (AvgIpc) is 3.25. The molecule has 1 saturated heterocycles. The highest BCUT2D eigenvalue weighted by Crippen LogP contribution is 2.22. The highest BCUT2D eigenvalue weighted by molar-refractivity contribution is 6.02. The molecule has 0 saturated carbocycles. The largest absolute Gasteiger partial charge is 0.497 e. The second-order valence-corrected chi connectivity index (χ2v) is 7.28. The molecule has 2 aromatic heterocycles. The molecule has 1 N–H and O–H groups in total. The smallest absolute Gasteiger partial charge is 0.275 e. The molecule has 29 heavy (non-hydrogen) atoms. The van der Waals surface area contributed by atoms with E-state index in [-0.39, 0.29) is 5.91 Å². The van der Waals surface area contributed by atoms with Crippen LogP contribution in [0.15, 0.2) is 49.2 Å². The SMILES string of the molecule is COc1ccc(NC(=O)c2cn(-c3cc(N4CCC[C@H](C)C4)ncn3)cn2)cc1. The molecule has 1 aliphatic heterocycles. The Morgan fingerprint density at radius 2 is 1.97 bits per heavy atom. The van der Waals surface area contributed by atoms with E-state index in [0.717, 1.165) is 24.7 Å². The zero-order valence-corrected chi connectivity index (χ0v) is 16.6. The van der Waals surface area contributed by atoms with Gasteiger partial charge in [0.1, 0.15) is 35.7 Å². The van der Waals surface area contributed by atoms with Crippen LogP contribution in [0.1, 0.15) is 30.3 Å². The summed E-state index contributed by atoms with van der Waals surface area (Å²) in [5.74, 6) is 2.69. The normalized spacial score (nSPS) is 16.5. The number of methoxy groups -OCH3 is 1. The molecule has 8 nitrogen and oxygen atoms in total. The quantitative estimate of drug-likeness (QED) is 0.718. The number of aromatic nitrogens is 4. The summed E-state index contributed by atoms with van der Waals surface area (Å²) in [4.78, 5) is 27.8. The van der Waals surface area contributed by atoms with Crippen LogP contribution in [0, 0.1) is 5.92 Å². The van der Waals surface area contributed by atoms with Gasteiger partial charge in [0.05, 0.1) is 7.11 Å². The zero-order valence-electron chi connectivity index (χ0n) is 16.6. The highest BCUT2D eigenvalue weighted by atomic mass is 16.5. The molecular formula is C21H24N6O2. The molecule has 0 radical (unpaired) electrons. The molecule has 3 aromatic rings. The number of nitrogens with one attached hydrogen (secondary N) is 1. The molecule has 1 fully saturated rings. The minimum atomic E-state index is -0.284.